The fraction of sp³-hybridized carbons (Fsp3) is 0.167. The van der Waals surface area contributed by atoms with Crippen molar-refractivity contribution >= 4 is 23.0 Å². The first kappa shape index (κ1) is 12.2. The molecule has 0 radical (unpaired) electrons. The van der Waals surface area contributed by atoms with Gasteiger partial charge in [-0.05, 0) is 46.9 Å². The van der Waals surface area contributed by atoms with Crippen LogP contribution in [0.4, 0.5) is 8.78 Å². The molecular formula is C12H9F2N3OS. The summed E-state index contributed by atoms with van der Waals surface area (Å²) >= 11 is 1.08. The van der Waals surface area contributed by atoms with E-state index in [9.17, 15) is 8.78 Å². The molecule has 0 spiro atoms. The molecule has 1 heterocycles. The summed E-state index contributed by atoms with van der Waals surface area (Å²) in [7, 11) is 0. The van der Waals surface area contributed by atoms with Gasteiger partial charge in [-0.2, -0.15) is 0 Å². The van der Waals surface area contributed by atoms with E-state index in [1.165, 1.54) is 6.08 Å². The number of allylic oxidation sites excluding steroid dienone is 3. The van der Waals surface area contributed by atoms with Crippen molar-refractivity contribution in [2.24, 2.45) is 0 Å². The maximum atomic E-state index is 13.5. The van der Waals surface area contributed by atoms with Gasteiger partial charge in [0.05, 0.1) is 4.90 Å². The Morgan fingerprint density at radius 1 is 1.26 bits per heavy atom. The van der Waals surface area contributed by atoms with Gasteiger partial charge in [0.25, 0.3) is 0 Å². The summed E-state index contributed by atoms with van der Waals surface area (Å²) in [5, 5.41) is 7.46. The summed E-state index contributed by atoms with van der Waals surface area (Å²) in [6.07, 6.45) is 1.96. The molecule has 0 fully saturated rings. The van der Waals surface area contributed by atoms with Gasteiger partial charge in [-0.15, -0.1) is 0 Å². The zero-order valence-corrected chi connectivity index (χ0v) is 10.5. The Morgan fingerprint density at radius 3 is 3.00 bits per heavy atom. The molecule has 0 aliphatic heterocycles. The van der Waals surface area contributed by atoms with Crippen molar-refractivity contribution < 1.29 is 13.4 Å². The molecule has 1 aliphatic carbocycles. The third kappa shape index (κ3) is 2.33. The van der Waals surface area contributed by atoms with E-state index in [-0.39, 0.29) is 12.1 Å². The van der Waals surface area contributed by atoms with E-state index in [0.717, 1.165) is 11.9 Å². The van der Waals surface area contributed by atoms with Crippen molar-refractivity contribution in [2.45, 2.75) is 17.7 Å². The molecule has 0 saturated heterocycles. The Morgan fingerprint density at radius 2 is 2.16 bits per heavy atom. The highest BCUT2D eigenvalue weighted by Crippen LogP contribution is 2.30. The molecule has 1 aromatic carbocycles. The van der Waals surface area contributed by atoms with Crippen LogP contribution >= 0.6 is 11.9 Å². The van der Waals surface area contributed by atoms with Gasteiger partial charge in [-0.25, -0.2) is 13.4 Å². The van der Waals surface area contributed by atoms with Crippen LogP contribution in [0.1, 0.15) is 12.8 Å². The number of hydrogen-bond acceptors (Lipinski definition) is 5. The van der Waals surface area contributed by atoms with Crippen molar-refractivity contribution in [3.05, 3.63) is 41.6 Å². The van der Waals surface area contributed by atoms with Gasteiger partial charge >= 0.3 is 0 Å². The topological polar surface area (TPSA) is 51.0 Å². The Bertz CT molecular complexity index is 680. The number of nitrogens with zero attached hydrogens (tertiary/aromatic N) is 2. The Labute approximate surface area is 111 Å². The normalized spacial score (nSPS) is 15.8. The lowest BCUT2D eigenvalue weighted by molar-refractivity contribution is 0.315. The number of halogens is 2. The molecule has 98 valence electrons. The SMILES string of the molecule is FC1=CCCC(F)=C1NSc1cccc2nonc12. The summed E-state index contributed by atoms with van der Waals surface area (Å²) in [6.45, 7) is 0. The van der Waals surface area contributed by atoms with Crippen LogP contribution < -0.4 is 4.72 Å². The van der Waals surface area contributed by atoms with Crippen LogP contribution in [0.5, 0.6) is 0 Å². The standard InChI is InChI=1S/C12H9F2N3OS/c13-7-3-1-4-8(14)11(7)17-19-10-6-2-5-9-12(10)16-18-15-9/h2-3,5-6,17H,1,4H2. The van der Waals surface area contributed by atoms with Gasteiger partial charge in [0, 0.05) is 6.42 Å². The average molecular weight is 281 g/mol. The van der Waals surface area contributed by atoms with Gasteiger partial charge in [0.1, 0.15) is 22.9 Å². The van der Waals surface area contributed by atoms with Crippen molar-refractivity contribution in [1.29, 1.82) is 0 Å². The molecule has 0 amide bonds. The molecule has 19 heavy (non-hydrogen) atoms. The zero-order chi connectivity index (χ0) is 13.2. The van der Waals surface area contributed by atoms with Crippen LogP contribution in [-0.4, -0.2) is 10.3 Å². The maximum absolute atomic E-state index is 13.5. The van der Waals surface area contributed by atoms with Crippen molar-refractivity contribution in [3.8, 4) is 0 Å². The summed E-state index contributed by atoms with van der Waals surface area (Å²) in [5.41, 5.74) is 1.05. The van der Waals surface area contributed by atoms with Crippen molar-refractivity contribution in [1.82, 2.24) is 15.0 Å². The van der Waals surface area contributed by atoms with Gasteiger partial charge in [0.2, 0.25) is 0 Å². The highest BCUT2D eigenvalue weighted by Gasteiger charge is 2.17. The smallest absolute Gasteiger partial charge is 0.150 e. The lowest BCUT2D eigenvalue weighted by Gasteiger charge is -2.13. The molecule has 3 rings (SSSR count). The van der Waals surface area contributed by atoms with E-state index in [0.29, 0.717) is 22.3 Å². The van der Waals surface area contributed by atoms with Crippen LogP contribution in [0, 0.1) is 0 Å². The monoisotopic (exact) mass is 281 g/mol. The fourth-order valence-corrected chi connectivity index (χ4v) is 2.56. The van der Waals surface area contributed by atoms with E-state index in [1.807, 2.05) is 0 Å². The number of aromatic nitrogens is 2. The minimum atomic E-state index is -0.568. The van der Waals surface area contributed by atoms with Crippen LogP contribution in [0.25, 0.3) is 11.0 Å². The lowest BCUT2D eigenvalue weighted by Crippen LogP contribution is -2.09. The molecule has 1 aromatic heterocycles. The molecule has 4 nitrogen and oxygen atoms in total. The number of fused-ring (bicyclic) bond motifs is 1. The highest BCUT2D eigenvalue weighted by molar-refractivity contribution is 7.97. The van der Waals surface area contributed by atoms with E-state index in [1.54, 1.807) is 18.2 Å². The van der Waals surface area contributed by atoms with E-state index in [4.69, 9.17) is 0 Å². The number of nitrogens with one attached hydrogen (secondary N) is 1. The minimum absolute atomic E-state index is 0.107. The summed E-state index contributed by atoms with van der Waals surface area (Å²) in [6, 6.07) is 5.29. The number of hydrogen-bond donors (Lipinski definition) is 1. The second-order valence-corrected chi connectivity index (χ2v) is 4.81. The molecule has 0 atom stereocenters. The third-order valence-corrected chi connectivity index (χ3v) is 3.57. The Kier molecular flexibility index (Phi) is 3.20. The minimum Gasteiger partial charge on any atom is -0.321 e. The molecule has 7 heteroatoms. The quantitative estimate of drug-likeness (QED) is 0.870. The Hall–Kier alpha value is -1.89. The second kappa shape index (κ2) is 5.00. The van der Waals surface area contributed by atoms with E-state index in [2.05, 4.69) is 19.7 Å². The zero-order valence-electron chi connectivity index (χ0n) is 9.69. The van der Waals surface area contributed by atoms with Crippen molar-refractivity contribution in [2.75, 3.05) is 0 Å². The van der Waals surface area contributed by atoms with Crippen molar-refractivity contribution in [3.63, 3.8) is 0 Å². The van der Waals surface area contributed by atoms with E-state index < -0.39 is 11.7 Å². The first-order chi connectivity index (χ1) is 9.25. The van der Waals surface area contributed by atoms with Crippen LogP contribution in [0.3, 0.4) is 0 Å². The second-order valence-electron chi connectivity index (χ2n) is 3.96. The third-order valence-electron chi connectivity index (χ3n) is 2.71. The molecule has 2 aromatic rings. The molecule has 1 aliphatic rings. The number of benzene rings is 1. The fourth-order valence-electron chi connectivity index (χ4n) is 1.76. The lowest BCUT2D eigenvalue weighted by atomic mass is 10.1. The van der Waals surface area contributed by atoms with E-state index >= 15 is 0 Å². The summed E-state index contributed by atoms with van der Waals surface area (Å²) < 4.78 is 34.3. The predicted molar refractivity (Wildman–Crippen MR) is 67.4 cm³/mol. The summed E-state index contributed by atoms with van der Waals surface area (Å²) in [4.78, 5) is 0.692. The molecule has 1 N–H and O–H groups in total. The van der Waals surface area contributed by atoms with Gasteiger partial charge < -0.3 is 4.72 Å². The van der Waals surface area contributed by atoms with Gasteiger partial charge in [-0.3, -0.25) is 0 Å². The molecule has 0 saturated carbocycles. The predicted octanol–water partition coefficient (Wildman–Crippen LogP) is 3.65. The number of rotatable bonds is 3. The van der Waals surface area contributed by atoms with Crippen LogP contribution in [0.15, 0.2) is 51.2 Å². The largest absolute Gasteiger partial charge is 0.321 e. The highest BCUT2D eigenvalue weighted by atomic mass is 32.2. The molecular weight excluding hydrogens is 272 g/mol. The van der Waals surface area contributed by atoms with Crippen LogP contribution in [0.2, 0.25) is 0 Å². The first-order valence-corrected chi connectivity index (χ1v) is 6.46. The van der Waals surface area contributed by atoms with Gasteiger partial charge in [0.15, 0.2) is 5.52 Å². The maximum Gasteiger partial charge on any atom is 0.150 e. The molecule has 0 bridgehead atoms. The summed E-state index contributed by atoms with van der Waals surface area (Å²) in [5.74, 6) is -1.04. The Balaban J connectivity index is 1.83. The average Bonchev–Trinajstić information content (AvgIpc) is 2.87. The molecule has 0 unspecified atom stereocenters. The van der Waals surface area contributed by atoms with Gasteiger partial charge in [-0.1, -0.05) is 6.07 Å². The first-order valence-electron chi connectivity index (χ1n) is 5.64. The van der Waals surface area contributed by atoms with Crippen LogP contribution in [-0.2, 0) is 0 Å².